The first-order valence-electron chi connectivity index (χ1n) is 9.09. The fourth-order valence-electron chi connectivity index (χ4n) is 3.37. The summed E-state index contributed by atoms with van der Waals surface area (Å²) in [6.45, 7) is 12.0. The van der Waals surface area contributed by atoms with Crippen LogP contribution in [0, 0.1) is 11.8 Å². The summed E-state index contributed by atoms with van der Waals surface area (Å²) in [6, 6.07) is 0. The fourth-order valence-corrected chi connectivity index (χ4v) is 3.37. The maximum atomic E-state index is 12.0. The molecule has 0 N–H and O–H groups in total. The number of hydrogen-bond acceptors (Lipinski definition) is 3. The summed E-state index contributed by atoms with van der Waals surface area (Å²) >= 11 is 0. The van der Waals surface area contributed by atoms with E-state index in [4.69, 9.17) is 9.47 Å². The maximum Gasteiger partial charge on any atom is 0.410 e. The zero-order valence-electron chi connectivity index (χ0n) is 15.1. The molecule has 0 radical (unpaired) electrons. The number of hydrogen-bond donors (Lipinski definition) is 0. The van der Waals surface area contributed by atoms with Crippen LogP contribution in [0.2, 0.25) is 0 Å². The average molecular weight is 323 g/mol. The first kappa shape index (κ1) is 18.3. The topological polar surface area (TPSA) is 38.8 Å². The second-order valence-corrected chi connectivity index (χ2v) is 8.02. The van der Waals surface area contributed by atoms with Crippen LogP contribution in [0.1, 0.15) is 59.3 Å². The van der Waals surface area contributed by atoms with Crippen LogP contribution in [0.25, 0.3) is 0 Å². The lowest BCUT2D eigenvalue weighted by Crippen LogP contribution is -2.42. The molecule has 132 valence electrons. The molecule has 0 aromatic rings. The Hall–Kier alpha value is -1.03. The van der Waals surface area contributed by atoms with Gasteiger partial charge in [-0.3, -0.25) is 0 Å². The van der Waals surface area contributed by atoms with Crippen LogP contribution in [0.3, 0.4) is 0 Å². The number of piperidine rings is 1. The summed E-state index contributed by atoms with van der Waals surface area (Å²) in [5, 5.41) is 0. The molecule has 0 bridgehead atoms. The number of nitrogens with zero attached hydrogens (tertiary/aromatic N) is 1. The molecule has 1 amide bonds. The lowest BCUT2D eigenvalue weighted by Gasteiger charge is -2.34. The van der Waals surface area contributed by atoms with Gasteiger partial charge in [0.15, 0.2) is 0 Å². The SMILES string of the molecule is C=CC1CCC(OCC2CCN(C(=O)OC(C)(C)C)CC2)CC1. The first-order chi connectivity index (χ1) is 10.9. The number of rotatable bonds is 4. The minimum Gasteiger partial charge on any atom is -0.444 e. The molecule has 0 spiro atoms. The summed E-state index contributed by atoms with van der Waals surface area (Å²) in [5.74, 6) is 1.26. The van der Waals surface area contributed by atoms with Gasteiger partial charge in [-0.2, -0.15) is 0 Å². The molecule has 2 rings (SSSR count). The molecule has 0 aromatic heterocycles. The normalized spacial score (nSPS) is 26.8. The molecule has 1 saturated heterocycles. The van der Waals surface area contributed by atoms with Crippen LogP contribution >= 0.6 is 0 Å². The predicted octanol–water partition coefficient (Wildman–Crippen LogP) is 4.39. The summed E-state index contributed by atoms with van der Waals surface area (Å²) in [5.41, 5.74) is -0.415. The van der Waals surface area contributed by atoms with Crippen molar-refractivity contribution in [3.05, 3.63) is 12.7 Å². The Morgan fingerprint density at radius 2 is 1.74 bits per heavy atom. The van der Waals surface area contributed by atoms with E-state index in [1.165, 1.54) is 12.8 Å². The van der Waals surface area contributed by atoms with Gasteiger partial charge in [0.2, 0.25) is 0 Å². The number of ether oxygens (including phenoxy) is 2. The van der Waals surface area contributed by atoms with Gasteiger partial charge in [0.1, 0.15) is 5.60 Å². The van der Waals surface area contributed by atoms with Crippen molar-refractivity contribution in [3.63, 3.8) is 0 Å². The van der Waals surface area contributed by atoms with Gasteiger partial charge < -0.3 is 14.4 Å². The summed E-state index contributed by atoms with van der Waals surface area (Å²) in [4.78, 5) is 13.9. The fraction of sp³-hybridized carbons (Fsp3) is 0.842. The van der Waals surface area contributed by atoms with Gasteiger partial charge in [0.05, 0.1) is 6.10 Å². The standard InChI is InChI=1S/C19H33NO3/c1-5-15-6-8-17(9-7-15)22-14-16-10-12-20(13-11-16)18(21)23-19(2,3)4/h5,15-17H,1,6-14H2,2-4H3. The Bertz CT molecular complexity index is 386. The minimum atomic E-state index is -0.415. The zero-order valence-corrected chi connectivity index (χ0v) is 15.1. The molecule has 0 unspecified atom stereocenters. The average Bonchev–Trinajstić information content (AvgIpc) is 2.52. The molecule has 1 aliphatic heterocycles. The molecule has 1 aliphatic carbocycles. The van der Waals surface area contributed by atoms with Crippen LogP contribution < -0.4 is 0 Å². The molecule has 1 saturated carbocycles. The highest BCUT2D eigenvalue weighted by Crippen LogP contribution is 2.28. The predicted molar refractivity (Wildman–Crippen MR) is 92.4 cm³/mol. The summed E-state index contributed by atoms with van der Waals surface area (Å²) in [6.07, 6.45) is 9.11. The third-order valence-corrected chi connectivity index (χ3v) is 4.89. The maximum absolute atomic E-state index is 12.0. The largest absolute Gasteiger partial charge is 0.444 e. The molecule has 2 fully saturated rings. The monoisotopic (exact) mass is 323 g/mol. The smallest absolute Gasteiger partial charge is 0.410 e. The lowest BCUT2D eigenvalue weighted by molar-refractivity contribution is -0.0155. The van der Waals surface area contributed by atoms with E-state index in [1.54, 1.807) is 0 Å². The second-order valence-electron chi connectivity index (χ2n) is 8.02. The van der Waals surface area contributed by atoms with Gasteiger partial charge in [0.25, 0.3) is 0 Å². The van der Waals surface area contributed by atoms with Gasteiger partial charge in [-0.25, -0.2) is 4.79 Å². The molecule has 1 heterocycles. The Balaban J connectivity index is 1.63. The van der Waals surface area contributed by atoms with E-state index in [0.29, 0.717) is 17.9 Å². The highest BCUT2D eigenvalue weighted by Gasteiger charge is 2.28. The van der Waals surface area contributed by atoms with E-state index in [1.807, 2.05) is 25.7 Å². The van der Waals surface area contributed by atoms with Crippen LogP contribution in [0.15, 0.2) is 12.7 Å². The van der Waals surface area contributed by atoms with Crippen molar-refractivity contribution >= 4 is 6.09 Å². The van der Waals surface area contributed by atoms with Gasteiger partial charge in [-0.05, 0) is 71.1 Å². The molecule has 2 aliphatic rings. The van der Waals surface area contributed by atoms with Gasteiger partial charge >= 0.3 is 6.09 Å². The number of carbonyl (C=O) groups is 1. The number of likely N-dealkylation sites (tertiary alicyclic amines) is 1. The molecule has 0 atom stereocenters. The van der Waals surface area contributed by atoms with E-state index in [-0.39, 0.29) is 6.09 Å². The Morgan fingerprint density at radius 3 is 2.26 bits per heavy atom. The third-order valence-electron chi connectivity index (χ3n) is 4.89. The molecule has 4 heteroatoms. The van der Waals surface area contributed by atoms with Crippen LogP contribution in [0.4, 0.5) is 4.79 Å². The van der Waals surface area contributed by atoms with Crippen molar-refractivity contribution in [1.82, 2.24) is 4.90 Å². The molecular weight excluding hydrogens is 290 g/mol. The van der Waals surface area contributed by atoms with Gasteiger partial charge in [-0.1, -0.05) is 6.08 Å². The molecule has 0 aromatic carbocycles. The van der Waals surface area contributed by atoms with Crippen LogP contribution in [-0.2, 0) is 9.47 Å². The summed E-state index contributed by atoms with van der Waals surface area (Å²) in [7, 11) is 0. The van der Waals surface area contributed by atoms with Crippen molar-refractivity contribution in [2.75, 3.05) is 19.7 Å². The third kappa shape index (κ3) is 6.17. The van der Waals surface area contributed by atoms with Crippen molar-refractivity contribution in [3.8, 4) is 0 Å². The first-order valence-corrected chi connectivity index (χ1v) is 9.09. The summed E-state index contributed by atoms with van der Waals surface area (Å²) < 4.78 is 11.6. The lowest BCUT2D eigenvalue weighted by atomic mass is 9.87. The second kappa shape index (κ2) is 8.18. The molecular formula is C19H33NO3. The van der Waals surface area contributed by atoms with Crippen molar-refractivity contribution < 1.29 is 14.3 Å². The van der Waals surface area contributed by atoms with E-state index >= 15 is 0 Å². The van der Waals surface area contributed by atoms with E-state index < -0.39 is 5.60 Å². The highest BCUT2D eigenvalue weighted by molar-refractivity contribution is 5.68. The highest BCUT2D eigenvalue weighted by atomic mass is 16.6. The molecule has 4 nitrogen and oxygen atoms in total. The Morgan fingerprint density at radius 1 is 1.13 bits per heavy atom. The molecule has 23 heavy (non-hydrogen) atoms. The van der Waals surface area contributed by atoms with Crippen LogP contribution in [-0.4, -0.2) is 42.4 Å². The van der Waals surface area contributed by atoms with Gasteiger partial charge in [-0.15, -0.1) is 6.58 Å². The Kier molecular flexibility index (Phi) is 6.51. The zero-order chi connectivity index (χ0) is 16.9. The van der Waals surface area contributed by atoms with E-state index in [0.717, 1.165) is 45.4 Å². The van der Waals surface area contributed by atoms with Crippen LogP contribution in [0.5, 0.6) is 0 Å². The van der Waals surface area contributed by atoms with Crippen molar-refractivity contribution in [2.45, 2.75) is 71.0 Å². The quantitative estimate of drug-likeness (QED) is 0.720. The minimum absolute atomic E-state index is 0.181. The van der Waals surface area contributed by atoms with Gasteiger partial charge in [0, 0.05) is 19.7 Å². The number of allylic oxidation sites excluding steroid dienone is 1. The van der Waals surface area contributed by atoms with Crippen molar-refractivity contribution in [1.29, 1.82) is 0 Å². The van der Waals surface area contributed by atoms with E-state index in [2.05, 4.69) is 12.7 Å². The number of carbonyl (C=O) groups excluding carboxylic acids is 1. The van der Waals surface area contributed by atoms with E-state index in [9.17, 15) is 4.79 Å². The Labute approximate surface area is 141 Å². The number of amides is 1. The van der Waals surface area contributed by atoms with Crippen molar-refractivity contribution in [2.24, 2.45) is 11.8 Å².